The predicted molar refractivity (Wildman–Crippen MR) is 119 cm³/mol. The number of rotatable bonds is 7. The van der Waals surface area contributed by atoms with E-state index in [1.807, 2.05) is 0 Å². The lowest BCUT2D eigenvalue weighted by molar-refractivity contribution is -0.140. The predicted octanol–water partition coefficient (Wildman–Crippen LogP) is 1.74. The number of aliphatic hydroxyl groups excluding tert-OH is 2. The van der Waals surface area contributed by atoms with Crippen LogP contribution >= 0.6 is 0 Å². The van der Waals surface area contributed by atoms with Gasteiger partial charge in [0, 0.05) is 18.5 Å². The standard InChI is InChI=1S/C22H24F4N6O5/c1-8(22(35)37-12-5-10(23)13(24)15(26)14(12)25)9(2)31-7-30-20-16(19(31)28)29-6-32(20)21-18(34)17(33)11(36-21)3-4-27/h4-6,8-9,11,17-18,21,27-28,30,33-34H,3,7H2,1-2H3/t8?,9?,11-,17-,18-,21-/m1/s1. The second kappa shape index (κ2) is 10.1. The molecule has 2 aliphatic heterocycles. The lowest BCUT2D eigenvalue weighted by atomic mass is 10.0. The van der Waals surface area contributed by atoms with Crippen molar-refractivity contribution in [3.63, 3.8) is 0 Å². The van der Waals surface area contributed by atoms with Crippen molar-refractivity contribution >= 4 is 23.8 Å². The van der Waals surface area contributed by atoms with Crippen LogP contribution in [-0.4, -0.2) is 73.7 Å². The molecule has 0 spiro atoms. The number of imidazole rings is 1. The third kappa shape index (κ3) is 4.53. The number of esters is 1. The fourth-order valence-electron chi connectivity index (χ4n) is 4.19. The molecule has 0 aliphatic carbocycles. The number of carbonyl (C=O) groups is 1. The van der Waals surface area contributed by atoms with E-state index in [2.05, 4.69) is 10.3 Å². The summed E-state index contributed by atoms with van der Waals surface area (Å²) in [6.07, 6.45) is -1.91. The van der Waals surface area contributed by atoms with Crippen molar-refractivity contribution in [2.45, 2.75) is 50.8 Å². The van der Waals surface area contributed by atoms with E-state index in [0.29, 0.717) is 5.82 Å². The molecule has 37 heavy (non-hydrogen) atoms. The highest BCUT2D eigenvalue weighted by Gasteiger charge is 2.45. The fourth-order valence-corrected chi connectivity index (χ4v) is 4.19. The maximum atomic E-state index is 13.9. The number of nitrogens with zero attached hydrogens (tertiary/aromatic N) is 3. The van der Waals surface area contributed by atoms with E-state index in [9.17, 15) is 32.6 Å². The lowest BCUT2D eigenvalue weighted by Crippen LogP contribution is -2.50. The highest BCUT2D eigenvalue weighted by Crippen LogP contribution is 2.35. The summed E-state index contributed by atoms with van der Waals surface area (Å²) < 4.78 is 65.9. The Morgan fingerprint density at radius 3 is 2.65 bits per heavy atom. The summed E-state index contributed by atoms with van der Waals surface area (Å²) in [4.78, 5) is 18.2. The van der Waals surface area contributed by atoms with Crippen molar-refractivity contribution in [2.24, 2.45) is 5.92 Å². The zero-order valence-electron chi connectivity index (χ0n) is 19.6. The van der Waals surface area contributed by atoms with E-state index < -0.39 is 71.5 Å². The summed E-state index contributed by atoms with van der Waals surface area (Å²) in [7, 11) is 0. The van der Waals surface area contributed by atoms with Crippen molar-refractivity contribution < 1.29 is 42.0 Å². The largest absolute Gasteiger partial charge is 0.423 e. The second-order valence-corrected chi connectivity index (χ2v) is 8.74. The van der Waals surface area contributed by atoms with E-state index in [-0.39, 0.29) is 30.7 Å². The van der Waals surface area contributed by atoms with Crippen LogP contribution in [0.4, 0.5) is 23.4 Å². The van der Waals surface area contributed by atoms with Crippen LogP contribution in [0, 0.1) is 40.0 Å². The van der Waals surface area contributed by atoms with Crippen LogP contribution in [0.1, 0.15) is 32.2 Å². The van der Waals surface area contributed by atoms with Gasteiger partial charge in [-0.3, -0.25) is 14.8 Å². The molecule has 3 heterocycles. The van der Waals surface area contributed by atoms with Gasteiger partial charge in [0.2, 0.25) is 11.6 Å². The number of fused-ring (bicyclic) bond motifs is 1. The van der Waals surface area contributed by atoms with E-state index in [4.69, 9.17) is 20.3 Å². The van der Waals surface area contributed by atoms with E-state index in [1.54, 1.807) is 6.92 Å². The number of carbonyl (C=O) groups excluding carboxylic acids is 1. The van der Waals surface area contributed by atoms with Gasteiger partial charge in [-0.05, 0) is 20.1 Å². The topological polar surface area (TPSA) is 157 Å². The number of aliphatic hydroxyl groups is 2. The number of halogens is 4. The van der Waals surface area contributed by atoms with Crippen molar-refractivity contribution in [2.75, 3.05) is 12.0 Å². The Morgan fingerprint density at radius 2 is 1.97 bits per heavy atom. The second-order valence-electron chi connectivity index (χ2n) is 8.74. The molecule has 0 saturated carbocycles. The van der Waals surface area contributed by atoms with Gasteiger partial charge in [-0.15, -0.1) is 0 Å². The molecule has 0 radical (unpaired) electrons. The zero-order valence-corrected chi connectivity index (χ0v) is 19.6. The average Bonchev–Trinajstić information content (AvgIpc) is 3.42. The van der Waals surface area contributed by atoms with Crippen LogP contribution in [-0.2, 0) is 9.53 Å². The van der Waals surface area contributed by atoms with Crippen LogP contribution in [0.25, 0.3) is 0 Å². The maximum absolute atomic E-state index is 13.9. The van der Waals surface area contributed by atoms with E-state index in [1.165, 1.54) is 22.7 Å². The number of ether oxygens (including phenoxy) is 2. The molecule has 6 atom stereocenters. The summed E-state index contributed by atoms with van der Waals surface area (Å²) in [5.74, 6) is -10.7. The molecule has 1 aromatic carbocycles. The number of aromatic nitrogens is 2. The van der Waals surface area contributed by atoms with Gasteiger partial charge in [-0.25, -0.2) is 18.2 Å². The Bertz CT molecular complexity index is 1240. The molecule has 1 aromatic heterocycles. The summed E-state index contributed by atoms with van der Waals surface area (Å²) in [6, 6.07) is -0.522. The SMILES string of the molecule is CC(C(=O)Oc1cc(F)c(F)c(F)c1F)C(C)N1CNc2c(ncn2[C@@H]2O[C@H](CC=N)[C@@H](O)[C@H]2O)C1=N. The van der Waals surface area contributed by atoms with Crippen molar-refractivity contribution in [3.8, 4) is 5.75 Å². The Hall–Kier alpha value is -3.56. The average molecular weight is 528 g/mol. The summed E-state index contributed by atoms with van der Waals surface area (Å²) >= 11 is 0. The molecule has 2 aromatic rings. The molecule has 1 fully saturated rings. The number of anilines is 1. The van der Waals surface area contributed by atoms with Crippen molar-refractivity contribution in [1.29, 1.82) is 10.8 Å². The first kappa shape index (κ1) is 26.5. The Kier molecular flexibility index (Phi) is 7.21. The van der Waals surface area contributed by atoms with Gasteiger partial charge < -0.3 is 35.3 Å². The van der Waals surface area contributed by atoms with Gasteiger partial charge in [0.15, 0.2) is 29.4 Å². The quantitative estimate of drug-likeness (QED) is 0.0909. The molecule has 11 nitrogen and oxygen atoms in total. The van der Waals surface area contributed by atoms with Crippen molar-refractivity contribution in [1.82, 2.24) is 14.5 Å². The van der Waals surface area contributed by atoms with Gasteiger partial charge >= 0.3 is 5.97 Å². The molecule has 15 heteroatoms. The highest BCUT2D eigenvalue weighted by molar-refractivity contribution is 6.01. The van der Waals surface area contributed by atoms with Gasteiger partial charge in [0.1, 0.15) is 23.7 Å². The van der Waals surface area contributed by atoms with E-state index in [0.717, 1.165) is 6.21 Å². The molecular weight excluding hydrogens is 504 g/mol. The third-order valence-electron chi connectivity index (χ3n) is 6.55. The molecule has 0 amide bonds. The van der Waals surface area contributed by atoms with Gasteiger partial charge in [0.25, 0.3) is 0 Å². The monoisotopic (exact) mass is 528 g/mol. The Labute approximate surface area is 207 Å². The smallest absolute Gasteiger partial charge is 0.316 e. The zero-order chi connectivity index (χ0) is 27.2. The molecule has 1 saturated heterocycles. The van der Waals surface area contributed by atoms with Crippen LogP contribution in [0.2, 0.25) is 0 Å². The number of nitrogens with one attached hydrogen (secondary N) is 3. The van der Waals surface area contributed by atoms with Gasteiger partial charge in [-0.2, -0.15) is 4.39 Å². The Balaban J connectivity index is 1.49. The van der Waals surface area contributed by atoms with E-state index >= 15 is 0 Å². The number of benzene rings is 1. The first-order chi connectivity index (χ1) is 17.5. The number of hydrogen-bond acceptors (Lipinski definition) is 9. The summed E-state index contributed by atoms with van der Waals surface area (Å²) in [5, 5.41) is 39.4. The lowest BCUT2D eigenvalue weighted by Gasteiger charge is -2.37. The van der Waals surface area contributed by atoms with Gasteiger partial charge in [-0.1, -0.05) is 0 Å². The fraction of sp³-hybridized carbons (Fsp3) is 0.455. The van der Waals surface area contributed by atoms with Crippen molar-refractivity contribution in [3.05, 3.63) is 41.4 Å². The first-order valence-corrected chi connectivity index (χ1v) is 11.2. The normalized spacial score (nSPS) is 24.9. The maximum Gasteiger partial charge on any atom is 0.316 e. The molecule has 4 rings (SSSR count). The summed E-state index contributed by atoms with van der Waals surface area (Å²) in [5.41, 5.74) is 0.146. The minimum Gasteiger partial charge on any atom is -0.423 e. The molecule has 2 aliphatic rings. The molecular formula is C22H24F4N6O5. The van der Waals surface area contributed by atoms with Crippen LogP contribution in [0.3, 0.4) is 0 Å². The molecule has 5 N–H and O–H groups in total. The molecule has 0 bridgehead atoms. The highest BCUT2D eigenvalue weighted by atomic mass is 19.2. The molecule has 2 unspecified atom stereocenters. The number of hydrogen-bond donors (Lipinski definition) is 5. The van der Waals surface area contributed by atoms with Crippen LogP contribution < -0.4 is 10.1 Å². The first-order valence-electron chi connectivity index (χ1n) is 11.2. The third-order valence-corrected chi connectivity index (χ3v) is 6.55. The minimum atomic E-state index is -2.11. The van der Waals surface area contributed by atoms with Gasteiger partial charge in [0.05, 0.1) is 25.0 Å². The summed E-state index contributed by atoms with van der Waals surface area (Å²) in [6.45, 7) is 2.95. The minimum absolute atomic E-state index is 0.0141. The van der Waals surface area contributed by atoms with Crippen LogP contribution in [0.5, 0.6) is 5.75 Å². The Morgan fingerprint density at radius 1 is 1.27 bits per heavy atom. The van der Waals surface area contributed by atoms with Crippen LogP contribution in [0.15, 0.2) is 12.4 Å². The molecule has 200 valence electrons. The number of amidine groups is 1.